The highest BCUT2D eigenvalue weighted by molar-refractivity contribution is 4.99. The summed E-state index contributed by atoms with van der Waals surface area (Å²) in [5, 5.41) is 23.1. The van der Waals surface area contributed by atoms with E-state index in [1.165, 1.54) is 6.92 Å². The Labute approximate surface area is 45.4 Å². The summed E-state index contributed by atoms with van der Waals surface area (Å²) in [7, 11) is 0. The molecule has 0 aromatic heterocycles. The predicted molar refractivity (Wildman–Crippen MR) is 22.4 cm³/mol. The summed E-state index contributed by atoms with van der Waals surface area (Å²) < 4.78 is 0. The first kappa shape index (κ1) is 4.89. The van der Waals surface area contributed by atoms with Gasteiger partial charge in [0.2, 0.25) is 0 Å². The van der Waals surface area contributed by atoms with Gasteiger partial charge in [0.1, 0.15) is 0 Å². The van der Waals surface area contributed by atoms with Crippen molar-refractivity contribution >= 4 is 0 Å². The van der Waals surface area contributed by atoms with E-state index in [1.54, 1.807) is 0 Å². The van der Waals surface area contributed by atoms with E-state index in [9.17, 15) is 5.11 Å². The monoisotopic (exact) mass is 111 g/mol. The molecule has 5 heteroatoms. The lowest BCUT2D eigenvalue weighted by Gasteiger charge is -1.99. The molecule has 1 rings (SSSR count). The van der Waals surface area contributed by atoms with Crippen LogP contribution in [0.15, 0.2) is 32.3 Å². The SMILES string of the molecule is CC([O-])=C1N=NN=N1. The predicted octanol–water partition coefficient (Wildman–Crippen LogP) is 0.369. The molecule has 0 aromatic carbocycles. The number of hydrogen-bond acceptors (Lipinski definition) is 5. The lowest BCUT2D eigenvalue weighted by Crippen LogP contribution is -1.99. The number of allylic oxidation sites excluding steroid dienone is 1. The van der Waals surface area contributed by atoms with Gasteiger partial charge in [-0.25, -0.2) is 0 Å². The van der Waals surface area contributed by atoms with E-state index in [0.717, 1.165) is 0 Å². The van der Waals surface area contributed by atoms with Crippen LogP contribution in [0.3, 0.4) is 0 Å². The molecule has 42 valence electrons. The number of hydrogen-bond donors (Lipinski definition) is 0. The van der Waals surface area contributed by atoms with Gasteiger partial charge in [-0.15, -0.1) is 10.2 Å². The summed E-state index contributed by atoms with van der Waals surface area (Å²) in [6.45, 7) is 1.36. The molecule has 0 atom stereocenters. The normalized spacial score (nSPS) is 15.4. The number of rotatable bonds is 0. The molecule has 0 amide bonds. The first-order valence-corrected chi connectivity index (χ1v) is 2.00. The van der Waals surface area contributed by atoms with Crippen molar-refractivity contribution in [3.63, 3.8) is 0 Å². The van der Waals surface area contributed by atoms with Crippen molar-refractivity contribution in [3.05, 3.63) is 11.6 Å². The van der Waals surface area contributed by atoms with Crippen LogP contribution in [0.25, 0.3) is 0 Å². The maximum atomic E-state index is 10.3. The van der Waals surface area contributed by atoms with Crippen LogP contribution in [-0.2, 0) is 0 Å². The van der Waals surface area contributed by atoms with Gasteiger partial charge in [0.25, 0.3) is 0 Å². The highest BCUT2D eigenvalue weighted by Crippen LogP contribution is 2.09. The molecule has 1 aliphatic heterocycles. The van der Waals surface area contributed by atoms with E-state index in [1.807, 2.05) is 0 Å². The molecule has 0 spiro atoms. The van der Waals surface area contributed by atoms with E-state index < -0.39 is 0 Å². The Hall–Kier alpha value is -1.26. The molecule has 8 heavy (non-hydrogen) atoms. The Balaban J connectivity index is 2.90. The zero-order chi connectivity index (χ0) is 5.98. The largest absolute Gasteiger partial charge is 0.873 e. The molecular formula is C3H3N4O-. The van der Waals surface area contributed by atoms with Gasteiger partial charge in [0, 0.05) is 0 Å². The third-order valence-electron chi connectivity index (χ3n) is 0.634. The van der Waals surface area contributed by atoms with Crippen LogP contribution in [-0.4, -0.2) is 0 Å². The molecule has 0 saturated carbocycles. The molecule has 0 N–H and O–H groups in total. The summed E-state index contributed by atoms with van der Waals surface area (Å²) in [6, 6.07) is 0. The van der Waals surface area contributed by atoms with Gasteiger partial charge in [0.15, 0.2) is 5.82 Å². The molecule has 1 heterocycles. The Morgan fingerprint density at radius 1 is 1.38 bits per heavy atom. The first-order valence-electron chi connectivity index (χ1n) is 2.00. The smallest absolute Gasteiger partial charge is 0.187 e. The molecular weight excluding hydrogens is 108 g/mol. The van der Waals surface area contributed by atoms with Crippen molar-refractivity contribution in [2.75, 3.05) is 0 Å². The second-order valence-electron chi connectivity index (χ2n) is 1.26. The second-order valence-corrected chi connectivity index (χ2v) is 1.26. The average Bonchev–Trinajstić information content (AvgIpc) is 2.12. The summed E-state index contributed by atoms with van der Waals surface area (Å²) in [5.74, 6) is -0.139. The lowest BCUT2D eigenvalue weighted by atomic mass is 10.6. The van der Waals surface area contributed by atoms with Crippen molar-refractivity contribution < 1.29 is 5.11 Å². The van der Waals surface area contributed by atoms with Crippen molar-refractivity contribution in [3.8, 4) is 0 Å². The third kappa shape index (κ3) is 0.699. The Morgan fingerprint density at radius 3 is 2.12 bits per heavy atom. The van der Waals surface area contributed by atoms with E-state index in [-0.39, 0.29) is 11.6 Å². The Kier molecular flexibility index (Phi) is 1.03. The van der Waals surface area contributed by atoms with Crippen LogP contribution in [0, 0.1) is 0 Å². The van der Waals surface area contributed by atoms with Crippen LogP contribution in [0.1, 0.15) is 6.92 Å². The van der Waals surface area contributed by atoms with Gasteiger partial charge in [-0.1, -0.05) is 12.7 Å². The third-order valence-corrected chi connectivity index (χ3v) is 0.634. The second kappa shape index (κ2) is 1.69. The molecule has 1 aliphatic rings. The fourth-order valence-corrected chi connectivity index (χ4v) is 0.286. The summed E-state index contributed by atoms with van der Waals surface area (Å²) in [5.41, 5.74) is 0. The van der Waals surface area contributed by atoms with Crippen LogP contribution in [0.5, 0.6) is 0 Å². The van der Waals surface area contributed by atoms with E-state index in [0.29, 0.717) is 0 Å². The van der Waals surface area contributed by atoms with E-state index in [4.69, 9.17) is 0 Å². The van der Waals surface area contributed by atoms with Crippen molar-refractivity contribution in [1.29, 1.82) is 0 Å². The zero-order valence-electron chi connectivity index (χ0n) is 4.20. The standard InChI is InChI=1S/C3H4N4O/c1-2(8)3-4-6-7-5-3/h8H,1H3/p-1. The molecule has 0 unspecified atom stereocenters. The molecule has 0 aromatic rings. The van der Waals surface area contributed by atoms with Crippen LogP contribution in [0.4, 0.5) is 0 Å². The summed E-state index contributed by atoms with van der Waals surface area (Å²) in [6.07, 6.45) is 0. The van der Waals surface area contributed by atoms with Gasteiger partial charge < -0.3 is 5.11 Å². The Bertz CT molecular complexity index is 162. The lowest BCUT2D eigenvalue weighted by molar-refractivity contribution is -0.303. The van der Waals surface area contributed by atoms with Gasteiger partial charge in [-0.05, 0) is 10.4 Å². The van der Waals surface area contributed by atoms with Crippen LogP contribution in [0.2, 0.25) is 0 Å². The van der Waals surface area contributed by atoms with Gasteiger partial charge in [0.05, 0.1) is 0 Å². The minimum absolute atomic E-state index is 0.0741. The minimum Gasteiger partial charge on any atom is -0.873 e. The van der Waals surface area contributed by atoms with Gasteiger partial charge >= 0.3 is 0 Å². The van der Waals surface area contributed by atoms with E-state index >= 15 is 0 Å². The Morgan fingerprint density at radius 2 is 1.88 bits per heavy atom. The van der Waals surface area contributed by atoms with Crippen molar-refractivity contribution in [1.82, 2.24) is 0 Å². The van der Waals surface area contributed by atoms with Crippen molar-refractivity contribution in [2.24, 2.45) is 20.7 Å². The first-order chi connectivity index (χ1) is 3.80. The maximum Gasteiger partial charge on any atom is 0.187 e. The zero-order valence-corrected chi connectivity index (χ0v) is 4.20. The number of nitrogens with zero attached hydrogens (tertiary/aromatic N) is 4. The topological polar surface area (TPSA) is 72.5 Å². The van der Waals surface area contributed by atoms with Crippen LogP contribution < -0.4 is 5.11 Å². The van der Waals surface area contributed by atoms with E-state index in [2.05, 4.69) is 20.7 Å². The van der Waals surface area contributed by atoms with Gasteiger partial charge in [-0.2, -0.15) is 0 Å². The molecule has 0 saturated heterocycles. The average molecular weight is 111 g/mol. The van der Waals surface area contributed by atoms with Crippen molar-refractivity contribution in [2.45, 2.75) is 6.92 Å². The van der Waals surface area contributed by atoms with Gasteiger partial charge in [-0.3, -0.25) is 0 Å². The quantitative estimate of drug-likeness (QED) is 0.416. The highest BCUT2D eigenvalue weighted by Gasteiger charge is 1.94. The highest BCUT2D eigenvalue weighted by atomic mass is 16.3. The minimum atomic E-state index is -0.213. The van der Waals surface area contributed by atoms with Crippen LogP contribution >= 0.6 is 0 Å². The molecule has 0 radical (unpaired) electrons. The fraction of sp³-hybridized carbons (Fsp3) is 0.333. The molecule has 0 bridgehead atoms. The fourth-order valence-electron chi connectivity index (χ4n) is 0.286. The summed E-state index contributed by atoms with van der Waals surface area (Å²) in [4.78, 5) is 0. The maximum absolute atomic E-state index is 10.3. The molecule has 5 nitrogen and oxygen atoms in total. The molecule has 0 aliphatic carbocycles. The molecule has 0 fully saturated rings. The summed E-state index contributed by atoms with van der Waals surface area (Å²) >= 11 is 0.